The molecule has 0 aromatic rings. The first-order valence-corrected chi connectivity index (χ1v) is 6.79. The first kappa shape index (κ1) is 16.5. The number of nitrogens with zero attached hydrogens (tertiary/aromatic N) is 1. The molecule has 0 radical (unpaired) electrons. The van der Waals surface area contributed by atoms with E-state index in [4.69, 9.17) is 9.47 Å². The fourth-order valence-corrected chi connectivity index (χ4v) is 1.78. The number of carbonyl (C=O) groups is 2. The summed E-state index contributed by atoms with van der Waals surface area (Å²) in [6, 6.07) is -0.430. The largest absolute Gasteiger partial charge is 0.444 e. The summed E-state index contributed by atoms with van der Waals surface area (Å²) in [5.74, 6) is -0.0192. The molecule has 0 aliphatic carbocycles. The number of rotatable bonds is 4. The number of nitrogens with one attached hydrogen (secondary N) is 1. The second kappa shape index (κ2) is 7.28. The highest BCUT2D eigenvalue weighted by Crippen LogP contribution is 2.08. The monoisotopic (exact) mass is 284 g/mol. The minimum Gasteiger partial charge on any atom is -0.444 e. The van der Waals surface area contributed by atoms with Crippen LogP contribution in [0.4, 0.5) is 4.79 Å². The highest BCUT2D eigenvalue weighted by molar-refractivity contribution is 5.78. The van der Waals surface area contributed by atoms with E-state index in [0.717, 1.165) is 0 Å². The number of morpholine rings is 1. The first-order valence-electron chi connectivity index (χ1n) is 6.79. The summed E-state index contributed by atoms with van der Waals surface area (Å²) >= 11 is 0. The van der Waals surface area contributed by atoms with Crippen LogP contribution in [0.3, 0.4) is 0 Å². The second-order valence-corrected chi connectivity index (χ2v) is 5.69. The van der Waals surface area contributed by atoms with Crippen LogP contribution in [-0.4, -0.2) is 54.8 Å². The molecular weight excluding hydrogens is 260 g/mol. The van der Waals surface area contributed by atoms with Gasteiger partial charge in [0.1, 0.15) is 5.60 Å². The van der Waals surface area contributed by atoms with E-state index < -0.39 is 17.7 Å². The van der Waals surface area contributed by atoms with Crippen molar-refractivity contribution in [3.8, 4) is 0 Å². The van der Waals surface area contributed by atoms with Gasteiger partial charge in [-0.25, -0.2) is 4.79 Å². The predicted molar refractivity (Wildman–Crippen MR) is 75.4 cm³/mol. The summed E-state index contributed by atoms with van der Waals surface area (Å²) in [6.07, 6.45) is 1.18. The zero-order valence-corrected chi connectivity index (χ0v) is 12.5. The molecule has 1 N–H and O–H groups in total. The van der Waals surface area contributed by atoms with E-state index in [2.05, 4.69) is 11.9 Å². The van der Waals surface area contributed by atoms with Gasteiger partial charge in [-0.2, -0.15) is 0 Å². The molecule has 1 saturated heterocycles. The zero-order valence-electron chi connectivity index (χ0n) is 12.5. The van der Waals surface area contributed by atoms with Gasteiger partial charge in [-0.15, -0.1) is 6.58 Å². The number of amides is 2. The Bertz CT molecular complexity index is 357. The van der Waals surface area contributed by atoms with Crippen LogP contribution in [0, 0.1) is 0 Å². The van der Waals surface area contributed by atoms with Crippen LogP contribution >= 0.6 is 0 Å². The number of alkyl carbamates (subject to hydrolysis) is 1. The maximum atomic E-state index is 12.1. The van der Waals surface area contributed by atoms with Gasteiger partial charge in [-0.05, 0) is 20.8 Å². The van der Waals surface area contributed by atoms with Gasteiger partial charge in [0, 0.05) is 13.1 Å². The molecule has 0 spiro atoms. The molecule has 1 aliphatic heterocycles. The lowest BCUT2D eigenvalue weighted by atomic mass is 10.2. The minimum atomic E-state index is -0.565. The quantitative estimate of drug-likeness (QED) is 0.790. The molecule has 114 valence electrons. The van der Waals surface area contributed by atoms with Gasteiger partial charge in [-0.1, -0.05) is 6.08 Å². The van der Waals surface area contributed by atoms with Gasteiger partial charge in [0.25, 0.3) is 0 Å². The fourth-order valence-electron chi connectivity index (χ4n) is 1.78. The summed E-state index contributed by atoms with van der Waals surface area (Å²) < 4.78 is 10.4. The Balaban J connectivity index is 2.44. The Labute approximate surface area is 120 Å². The van der Waals surface area contributed by atoms with E-state index in [1.54, 1.807) is 31.7 Å². The Morgan fingerprint density at radius 3 is 2.50 bits per heavy atom. The van der Waals surface area contributed by atoms with Crippen LogP contribution in [0.5, 0.6) is 0 Å². The van der Waals surface area contributed by atoms with Gasteiger partial charge in [-0.3, -0.25) is 4.79 Å². The third kappa shape index (κ3) is 6.06. The third-order valence-electron chi connectivity index (χ3n) is 2.74. The van der Waals surface area contributed by atoms with E-state index in [9.17, 15) is 9.59 Å². The molecule has 1 atom stereocenters. The Kier molecular flexibility index (Phi) is 6.01. The van der Waals surface area contributed by atoms with Crippen LogP contribution in [0.15, 0.2) is 12.7 Å². The van der Waals surface area contributed by atoms with E-state index in [-0.39, 0.29) is 12.3 Å². The van der Waals surface area contributed by atoms with Crippen molar-refractivity contribution in [3.05, 3.63) is 12.7 Å². The molecule has 1 fully saturated rings. The molecule has 0 aromatic heterocycles. The summed E-state index contributed by atoms with van der Waals surface area (Å²) in [7, 11) is 0. The summed E-state index contributed by atoms with van der Waals surface area (Å²) in [5, 5.41) is 2.64. The molecule has 1 aliphatic rings. The molecule has 1 rings (SSSR count). The molecular formula is C14H24N2O4. The average Bonchev–Trinajstić information content (AvgIpc) is 2.36. The van der Waals surface area contributed by atoms with Crippen molar-refractivity contribution >= 4 is 12.0 Å². The average molecular weight is 284 g/mol. The van der Waals surface area contributed by atoms with Gasteiger partial charge in [0.2, 0.25) is 5.91 Å². The van der Waals surface area contributed by atoms with Gasteiger partial charge in [0.05, 0.1) is 25.7 Å². The molecule has 20 heavy (non-hydrogen) atoms. The highest BCUT2D eigenvalue weighted by Gasteiger charge is 2.22. The highest BCUT2D eigenvalue weighted by atomic mass is 16.6. The van der Waals surface area contributed by atoms with Crippen LogP contribution in [0.1, 0.15) is 27.2 Å². The molecule has 0 bridgehead atoms. The first-order chi connectivity index (χ1) is 9.31. The Morgan fingerprint density at radius 2 is 2.00 bits per heavy atom. The van der Waals surface area contributed by atoms with Crippen molar-refractivity contribution in [1.29, 1.82) is 0 Å². The lowest BCUT2D eigenvalue weighted by Crippen LogP contribution is -2.45. The number of hydrogen-bond donors (Lipinski definition) is 1. The number of carbonyl (C=O) groups excluding carboxylic acids is 2. The zero-order chi connectivity index (χ0) is 15.2. The topological polar surface area (TPSA) is 67.9 Å². The summed E-state index contributed by atoms with van der Waals surface area (Å²) in [4.78, 5) is 25.5. The van der Waals surface area contributed by atoms with Crippen molar-refractivity contribution in [2.75, 3.05) is 26.3 Å². The Hall–Kier alpha value is -1.56. The number of ether oxygens (including phenoxy) is 2. The minimum absolute atomic E-state index is 0.0192. The van der Waals surface area contributed by atoms with Gasteiger partial charge in [0.15, 0.2) is 0 Å². The van der Waals surface area contributed by atoms with E-state index in [1.165, 1.54) is 0 Å². The smallest absolute Gasteiger partial charge is 0.408 e. The summed E-state index contributed by atoms with van der Waals surface area (Å²) in [6.45, 7) is 11.3. The van der Waals surface area contributed by atoms with Crippen LogP contribution in [0.2, 0.25) is 0 Å². The number of hydrogen-bond acceptors (Lipinski definition) is 4. The van der Waals surface area contributed by atoms with Crippen molar-refractivity contribution in [1.82, 2.24) is 10.2 Å². The molecule has 2 amide bonds. The lowest BCUT2D eigenvalue weighted by Gasteiger charge is -2.28. The molecule has 6 nitrogen and oxygen atoms in total. The predicted octanol–water partition coefficient (Wildman–Crippen LogP) is 1.31. The van der Waals surface area contributed by atoms with Crippen LogP contribution < -0.4 is 5.32 Å². The maximum Gasteiger partial charge on any atom is 0.408 e. The fraction of sp³-hybridized carbons (Fsp3) is 0.714. The van der Waals surface area contributed by atoms with E-state index in [1.807, 2.05) is 0 Å². The van der Waals surface area contributed by atoms with Crippen molar-refractivity contribution in [2.45, 2.75) is 38.8 Å². The van der Waals surface area contributed by atoms with Crippen molar-refractivity contribution in [3.63, 3.8) is 0 Å². The molecule has 0 saturated carbocycles. The van der Waals surface area contributed by atoms with Gasteiger partial charge < -0.3 is 19.7 Å². The molecule has 0 aromatic carbocycles. The second-order valence-electron chi connectivity index (χ2n) is 5.69. The Morgan fingerprint density at radius 1 is 1.40 bits per heavy atom. The molecule has 0 unspecified atom stereocenters. The lowest BCUT2D eigenvalue weighted by molar-refractivity contribution is -0.135. The SMILES string of the molecule is C=C[C@@H](CC(=O)N1CCOCC1)NC(=O)OC(C)(C)C. The van der Waals surface area contributed by atoms with Gasteiger partial charge >= 0.3 is 6.09 Å². The summed E-state index contributed by atoms with van der Waals surface area (Å²) in [5.41, 5.74) is -0.565. The molecule has 6 heteroatoms. The third-order valence-corrected chi connectivity index (χ3v) is 2.74. The van der Waals surface area contributed by atoms with Crippen molar-refractivity contribution < 1.29 is 19.1 Å². The van der Waals surface area contributed by atoms with Crippen LogP contribution in [-0.2, 0) is 14.3 Å². The molecule has 1 heterocycles. The normalized spacial score (nSPS) is 17.2. The maximum absolute atomic E-state index is 12.1. The van der Waals surface area contributed by atoms with Crippen LogP contribution in [0.25, 0.3) is 0 Å². The van der Waals surface area contributed by atoms with E-state index in [0.29, 0.717) is 26.3 Å². The van der Waals surface area contributed by atoms with Crippen molar-refractivity contribution in [2.24, 2.45) is 0 Å². The van der Waals surface area contributed by atoms with E-state index >= 15 is 0 Å². The standard InChI is InChI=1S/C14H24N2O4/c1-5-11(15-13(18)20-14(2,3)4)10-12(17)16-6-8-19-9-7-16/h5,11H,1,6-10H2,2-4H3,(H,15,18)/t11-/m0/s1.